The summed E-state index contributed by atoms with van der Waals surface area (Å²) in [5.41, 5.74) is 8.60. The van der Waals surface area contributed by atoms with Crippen LogP contribution in [0.15, 0.2) is 41.4 Å². The van der Waals surface area contributed by atoms with Crippen LogP contribution in [0.25, 0.3) is 0 Å². The molecule has 0 aliphatic carbocycles. The number of para-hydroxylation sites is 1. The number of fused-ring (bicyclic) bond motifs is 1. The Labute approximate surface area is 182 Å². The van der Waals surface area contributed by atoms with E-state index >= 15 is 0 Å². The number of amides is 2. The Bertz CT molecular complexity index is 1060. The van der Waals surface area contributed by atoms with Crippen molar-refractivity contribution in [1.82, 2.24) is 10.9 Å². The third kappa shape index (κ3) is 4.32. The highest BCUT2D eigenvalue weighted by Gasteiger charge is 2.42. The van der Waals surface area contributed by atoms with Crippen LogP contribution in [-0.2, 0) is 9.59 Å². The van der Waals surface area contributed by atoms with Crippen molar-refractivity contribution in [2.45, 2.75) is 20.0 Å². The number of benzene rings is 2. The molecular weight excluding hydrogens is 424 g/mol. The second kappa shape index (κ2) is 8.74. The summed E-state index contributed by atoms with van der Waals surface area (Å²) in [5, 5.41) is 3.13. The number of thioether (sulfide) groups is 1. The van der Waals surface area contributed by atoms with E-state index in [0.717, 1.165) is 40.7 Å². The number of hydrazine groups is 1. The predicted octanol–water partition coefficient (Wildman–Crippen LogP) is 2.71. The highest BCUT2D eigenvalue weighted by atomic mass is 32.2. The average molecular weight is 445 g/mol. The molecule has 162 valence electrons. The molecule has 2 atom stereocenters. The molecule has 2 amide bonds. The van der Waals surface area contributed by atoms with Crippen LogP contribution in [0.5, 0.6) is 0 Å². The summed E-state index contributed by atoms with van der Waals surface area (Å²) in [6.07, 6.45) is -0.488. The Balaban J connectivity index is 1.56. The summed E-state index contributed by atoms with van der Waals surface area (Å²) in [6, 6.07) is 8.96. The maximum atomic E-state index is 13.8. The minimum Gasteiger partial charge on any atom is -0.325 e. The molecular formula is C21H21F2N5O2S. The van der Waals surface area contributed by atoms with Crippen molar-refractivity contribution < 1.29 is 18.4 Å². The van der Waals surface area contributed by atoms with Crippen molar-refractivity contribution >= 4 is 40.1 Å². The van der Waals surface area contributed by atoms with Gasteiger partial charge in [0.1, 0.15) is 6.17 Å². The number of carbonyl (C=O) groups is 2. The number of amidine groups is 1. The van der Waals surface area contributed by atoms with Crippen LogP contribution in [0.2, 0.25) is 0 Å². The van der Waals surface area contributed by atoms with Gasteiger partial charge in [-0.15, -0.1) is 0 Å². The smallest absolute Gasteiger partial charge is 0.241 e. The number of nitrogens with zero attached hydrogens (tertiary/aromatic N) is 2. The van der Waals surface area contributed by atoms with E-state index in [1.807, 2.05) is 32.0 Å². The number of hydrogen-bond acceptors (Lipinski definition) is 6. The van der Waals surface area contributed by atoms with Crippen molar-refractivity contribution in [3.05, 3.63) is 59.2 Å². The molecule has 2 aromatic carbocycles. The molecule has 2 unspecified atom stereocenters. The minimum absolute atomic E-state index is 0.00905. The van der Waals surface area contributed by atoms with Gasteiger partial charge in [0.25, 0.3) is 0 Å². The quantitative estimate of drug-likeness (QED) is 0.674. The maximum Gasteiger partial charge on any atom is 0.241 e. The van der Waals surface area contributed by atoms with Gasteiger partial charge in [0, 0.05) is 18.3 Å². The lowest BCUT2D eigenvalue weighted by Crippen LogP contribution is -2.49. The molecule has 0 spiro atoms. The normalized spacial score (nSPS) is 20.5. The Hall–Kier alpha value is -2.82. The van der Waals surface area contributed by atoms with Crippen molar-refractivity contribution in [1.29, 1.82) is 0 Å². The molecule has 2 aliphatic rings. The number of anilines is 2. The van der Waals surface area contributed by atoms with Crippen LogP contribution in [0.1, 0.15) is 11.1 Å². The second-order valence-electron chi connectivity index (χ2n) is 7.36. The van der Waals surface area contributed by atoms with E-state index in [1.165, 1.54) is 11.0 Å². The van der Waals surface area contributed by atoms with E-state index < -0.39 is 23.7 Å². The minimum atomic E-state index is -1.06. The van der Waals surface area contributed by atoms with Crippen molar-refractivity contribution in [3.63, 3.8) is 0 Å². The lowest BCUT2D eigenvalue weighted by atomic mass is 10.0. The van der Waals surface area contributed by atoms with Crippen LogP contribution in [-0.4, -0.2) is 35.4 Å². The molecule has 2 heterocycles. The summed E-state index contributed by atoms with van der Waals surface area (Å²) in [4.78, 5) is 31.4. The van der Waals surface area contributed by atoms with Crippen LogP contribution < -0.4 is 21.1 Å². The zero-order chi connectivity index (χ0) is 22.1. The lowest BCUT2D eigenvalue weighted by Gasteiger charge is -2.32. The SMILES string of the molecule is Cc1cccc(C)c1NC(=O)CSC1=NC2NNCC2C(=O)N1c1ccc(F)c(F)c1. The molecule has 1 fully saturated rings. The third-order valence-corrected chi connectivity index (χ3v) is 6.12. The van der Waals surface area contributed by atoms with E-state index in [-0.39, 0.29) is 28.4 Å². The number of nitrogens with one attached hydrogen (secondary N) is 3. The second-order valence-corrected chi connectivity index (χ2v) is 8.31. The van der Waals surface area contributed by atoms with Crippen molar-refractivity contribution in [2.24, 2.45) is 10.9 Å². The largest absolute Gasteiger partial charge is 0.325 e. The van der Waals surface area contributed by atoms with Crippen LogP contribution in [0, 0.1) is 31.4 Å². The summed E-state index contributed by atoms with van der Waals surface area (Å²) in [6.45, 7) is 4.17. The Kier molecular flexibility index (Phi) is 6.03. The van der Waals surface area contributed by atoms with Gasteiger partial charge in [0.2, 0.25) is 11.8 Å². The van der Waals surface area contributed by atoms with Crippen molar-refractivity contribution in [2.75, 3.05) is 22.5 Å². The fourth-order valence-electron chi connectivity index (χ4n) is 3.55. The molecule has 0 bridgehead atoms. The van der Waals surface area contributed by atoms with Gasteiger partial charge in [-0.25, -0.2) is 19.2 Å². The molecule has 2 aliphatic heterocycles. The first-order valence-electron chi connectivity index (χ1n) is 9.69. The van der Waals surface area contributed by atoms with Gasteiger partial charge in [-0.2, -0.15) is 0 Å². The van der Waals surface area contributed by atoms with E-state index in [4.69, 9.17) is 0 Å². The topological polar surface area (TPSA) is 85.8 Å². The molecule has 0 aromatic heterocycles. The maximum absolute atomic E-state index is 13.8. The molecule has 31 heavy (non-hydrogen) atoms. The zero-order valence-electron chi connectivity index (χ0n) is 16.9. The Morgan fingerprint density at radius 3 is 2.68 bits per heavy atom. The monoisotopic (exact) mass is 445 g/mol. The molecule has 0 saturated carbocycles. The van der Waals surface area contributed by atoms with E-state index in [9.17, 15) is 18.4 Å². The van der Waals surface area contributed by atoms with Crippen LogP contribution >= 0.6 is 11.8 Å². The van der Waals surface area contributed by atoms with E-state index in [0.29, 0.717) is 6.54 Å². The number of aryl methyl sites for hydroxylation is 2. The molecule has 7 nitrogen and oxygen atoms in total. The number of halogens is 2. The standard InChI is InChI=1S/C21H21F2N5O2S/c1-11-4-3-5-12(2)18(11)25-17(29)10-31-21-26-19-14(9-24-27-19)20(30)28(21)13-6-7-15(22)16(23)8-13/h3-8,14,19,24,27H,9-10H2,1-2H3,(H,25,29). The zero-order valence-corrected chi connectivity index (χ0v) is 17.7. The molecule has 0 radical (unpaired) electrons. The first-order chi connectivity index (χ1) is 14.8. The molecule has 1 saturated heterocycles. The first kappa shape index (κ1) is 21.4. The van der Waals surface area contributed by atoms with E-state index in [2.05, 4.69) is 21.2 Å². The summed E-state index contributed by atoms with van der Waals surface area (Å²) in [7, 11) is 0. The van der Waals surface area contributed by atoms with Gasteiger partial charge in [0.15, 0.2) is 16.8 Å². The summed E-state index contributed by atoms with van der Waals surface area (Å²) >= 11 is 1.06. The van der Waals surface area contributed by atoms with Crippen LogP contribution in [0.4, 0.5) is 20.2 Å². The Morgan fingerprint density at radius 2 is 1.97 bits per heavy atom. The van der Waals surface area contributed by atoms with Gasteiger partial charge in [-0.1, -0.05) is 30.0 Å². The van der Waals surface area contributed by atoms with Gasteiger partial charge < -0.3 is 5.32 Å². The molecule has 10 heteroatoms. The van der Waals surface area contributed by atoms with Gasteiger partial charge in [-0.3, -0.25) is 19.9 Å². The molecule has 2 aromatic rings. The predicted molar refractivity (Wildman–Crippen MR) is 117 cm³/mol. The highest BCUT2D eigenvalue weighted by Crippen LogP contribution is 2.30. The summed E-state index contributed by atoms with van der Waals surface area (Å²) in [5.74, 6) is -3.13. The highest BCUT2D eigenvalue weighted by molar-refractivity contribution is 8.14. The number of rotatable bonds is 4. The number of hydrogen-bond donors (Lipinski definition) is 3. The fraction of sp³-hybridized carbons (Fsp3) is 0.286. The van der Waals surface area contributed by atoms with E-state index in [1.54, 1.807) is 0 Å². The molecule has 4 rings (SSSR count). The first-order valence-corrected chi connectivity index (χ1v) is 10.7. The third-order valence-electron chi connectivity index (χ3n) is 5.17. The van der Waals surface area contributed by atoms with Gasteiger partial charge in [-0.05, 0) is 37.1 Å². The number of carbonyl (C=O) groups excluding carboxylic acids is 2. The van der Waals surface area contributed by atoms with Crippen LogP contribution in [0.3, 0.4) is 0 Å². The van der Waals surface area contributed by atoms with Crippen molar-refractivity contribution in [3.8, 4) is 0 Å². The fourth-order valence-corrected chi connectivity index (χ4v) is 4.39. The summed E-state index contributed by atoms with van der Waals surface area (Å²) < 4.78 is 27.3. The lowest BCUT2D eigenvalue weighted by molar-refractivity contribution is -0.121. The molecule has 3 N–H and O–H groups in total. The number of aliphatic imine (C=N–C) groups is 1. The van der Waals surface area contributed by atoms with Gasteiger partial charge >= 0.3 is 0 Å². The Morgan fingerprint density at radius 1 is 1.23 bits per heavy atom. The average Bonchev–Trinajstić information content (AvgIpc) is 3.21. The van der Waals surface area contributed by atoms with Gasteiger partial charge in [0.05, 0.1) is 17.4 Å².